The van der Waals surface area contributed by atoms with Gasteiger partial charge in [0.05, 0.1) is 11.8 Å². The highest BCUT2D eigenvalue weighted by molar-refractivity contribution is 5.23. The summed E-state index contributed by atoms with van der Waals surface area (Å²) < 4.78 is 15.5. The molecular formula is C18H24FN3O. The summed E-state index contributed by atoms with van der Waals surface area (Å²) in [5.41, 5.74) is 3.10. The highest BCUT2D eigenvalue weighted by Crippen LogP contribution is 2.34. The van der Waals surface area contributed by atoms with Gasteiger partial charge in [-0.2, -0.15) is 5.10 Å². The van der Waals surface area contributed by atoms with Gasteiger partial charge in [-0.1, -0.05) is 12.1 Å². The first kappa shape index (κ1) is 16.1. The Morgan fingerprint density at radius 2 is 2.17 bits per heavy atom. The van der Waals surface area contributed by atoms with Crippen LogP contribution in [-0.4, -0.2) is 32.4 Å². The molecule has 1 aliphatic rings. The van der Waals surface area contributed by atoms with E-state index in [0.717, 1.165) is 23.4 Å². The van der Waals surface area contributed by atoms with Crippen LogP contribution in [-0.2, 0) is 6.54 Å². The van der Waals surface area contributed by atoms with Crippen molar-refractivity contribution in [3.05, 3.63) is 53.1 Å². The number of hydrogen-bond donors (Lipinski definition) is 1. The minimum atomic E-state index is -0.372. The number of nitrogens with zero attached hydrogens (tertiary/aromatic N) is 3. The van der Waals surface area contributed by atoms with Crippen molar-refractivity contribution in [2.75, 3.05) is 6.54 Å². The van der Waals surface area contributed by atoms with Gasteiger partial charge in [-0.3, -0.25) is 9.58 Å². The van der Waals surface area contributed by atoms with Crippen LogP contribution >= 0.6 is 0 Å². The van der Waals surface area contributed by atoms with Crippen LogP contribution in [0.5, 0.6) is 0 Å². The number of likely N-dealkylation sites (tertiary alicyclic amines) is 1. The number of aryl methyl sites for hydroxylation is 1. The van der Waals surface area contributed by atoms with Gasteiger partial charge in [0, 0.05) is 36.9 Å². The maximum absolute atomic E-state index is 13.5. The quantitative estimate of drug-likeness (QED) is 0.941. The first-order chi connectivity index (χ1) is 10.9. The molecule has 1 aromatic carbocycles. The zero-order valence-electron chi connectivity index (χ0n) is 13.9. The molecule has 0 aliphatic carbocycles. The molecule has 1 fully saturated rings. The highest BCUT2D eigenvalue weighted by Gasteiger charge is 2.32. The van der Waals surface area contributed by atoms with Crippen molar-refractivity contribution >= 4 is 0 Å². The molecule has 23 heavy (non-hydrogen) atoms. The predicted molar refractivity (Wildman–Crippen MR) is 87.5 cm³/mol. The van der Waals surface area contributed by atoms with E-state index in [4.69, 9.17) is 0 Å². The summed E-state index contributed by atoms with van der Waals surface area (Å²) in [6.07, 6.45) is 2.34. The van der Waals surface area contributed by atoms with E-state index in [2.05, 4.69) is 30.0 Å². The van der Waals surface area contributed by atoms with Crippen molar-refractivity contribution in [1.29, 1.82) is 0 Å². The SMILES string of the molecule is Cc1nn(C(C)C)cc1CN1C[C@H](O)C[C@@H]1c1cccc(F)c1. The molecule has 0 spiro atoms. The van der Waals surface area contributed by atoms with Gasteiger partial charge in [0.25, 0.3) is 0 Å². The average molecular weight is 317 g/mol. The molecule has 2 heterocycles. The van der Waals surface area contributed by atoms with Gasteiger partial charge in [-0.15, -0.1) is 0 Å². The Kier molecular flexibility index (Phi) is 4.50. The molecule has 0 amide bonds. The van der Waals surface area contributed by atoms with E-state index in [1.807, 2.05) is 17.7 Å². The number of aromatic nitrogens is 2. The van der Waals surface area contributed by atoms with Crippen LogP contribution in [0, 0.1) is 12.7 Å². The molecule has 3 rings (SSSR count). The Balaban J connectivity index is 1.83. The highest BCUT2D eigenvalue weighted by atomic mass is 19.1. The minimum absolute atomic E-state index is 0.0440. The third kappa shape index (κ3) is 3.46. The second-order valence-corrected chi connectivity index (χ2v) is 6.70. The second-order valence-electron chi connectivity index (χ2n) is 6.70. The first-order valence-corrected chi connectivity index (χ1v) is 8.16. The standard InChI is InChI=1S/C18H24FN3O/c1-12(2)22-10-15(13(3)20-22)9-21-11-17(23)8-18(21)14-5-4-6-16(19)7-14/h4-7,10,12,17-18,23H,8-9,11H2,1-3H3/t17-,18-/m1/s1. The maximum atomic E-state index is 13.5. The predicted octanol–water partition coefficient (Wildman–Crippen LogP) is 3.22. The van der Waals surface area contributed by atoms with Gasteiger partial charge in [0.2, 0.25) is 0 Å². The van der Waals surface area contributed by atoms with Crippen LogP contribution in [0.2, 0.25) is 0 Å². The lowest BCUT2D eigenvalue weighted by Gasteiger charge is -2.24. The van der Waals surface area contributed by atoms with Gasteiger partial charge in [0.1, 0.15) is 5.82 Å². The lowest BCUT2D eigenvalue weighted by Crippen LogP contribution is -2.24. The normalized spacial score (nSPS) is 22.2. The number of benzene rings is 1. The molecule has 5 heteroatoms. The largest absolute Gasteiger partial charge is 0.392 e. The summed E-state index contributed by atoms with van der Waals surface area (Å²) in [6.45, 7) is 7.54. The van der Waals surface area contributed by atoms with Crippen LogP contribution in [0.1, 0.15) is 49.2 Å². The van der Waals surface area contributed by atoms with Crippen molar-refractivity contribution in [3.8, 4) is 0 Å². The zero-order valence-corrected chi connectivity index (χ0v) is 13.9. The third-order valence-corrected chi connectivity index (χ3v) is 4.54. The van der Waals surface area contributed by atoms with E-state index in [0.29, 0.717) is 19.0 Å². The minimum Gasteiger partial charge on any atom is -0.392 e. The fraction of sp³-hybridized carbons (Fsp3) is 0.500. The Bertz CT molecular complexity index is 683. The van der Waals surface area contributed by atoms with E-state index in [1.54, 1.807) is 12.1 Å². The molecule has 1 aliphatic heterocycles. The number of rotatable bonds is 4. The average Bonchev–Trinajstić information content (AvgIpc) is 3.03. The second kappa shape index (κ2) is 6.42. The maximum Gasteiger partial charge on any atom is 0.123 e. The summed E-state index contributed by atoms with van der Waals surface area (Å²) >= 11 is 0. The molecule has 0 radical (unpaired) electrons. The monoisotopic (exact) mass is 317 g/mol. The summed E-state index contributed by atoms with van der Waals surface area (Å²) in [4.78, 5) is 2.22. The zero-order chi connectivity index (χ0) is 16.6. The van der Waals surface area contributed by atoms with Crippen LogP contribution in [0.15, 0.2) is 30.5 Å². The Morgan fingerprint density at radius 3 is 2.83 bits per heavy atom. The van der Waals surface area contributed by atoms with E-state index in [9.17, 15) is 9.50 Å². The summed E-state index contributed by atoms with van der Waals surface area (Å²) in [5, 5.41) is 14.6. The molecule has 4 nitrogen and oxygen atoms in total. The van der Waals surface area contributed by atoms with Crippen LogP contribution in [0.4, 0.5) is 4.39 Å². The Hall–Kier alpha value is -1.72. The smallest absolute Gasteiger partial charge is 0.123 e. The van der Waals surface area contributed by atoms with Crippen molar-refractivity contribution < 1.29 is 9.50 Å². The van der Waals surface area contributed by atoms with E-state index in [1.165, 1.54) is 6.07 Å². The van der Waals surface area contributed by atoms with Crippen LogP contribution in [0.25, 0.3) is 0 Å². The first-order valence-electron chi connectivity index (χ1n) is 8.16. The van der Waals surface area contributed by atoms with Gasteiger partial charge < -0.3 is 5.11 Å². The lowest BCUT2D eigenvalue weighted by atomic mass is 10.0. The number of aliphatic hydroxyl groups is 1. The number of hydrogen-bond acceptors (Lipinski definition) is 3. The molecule has 0 saturated carbocycles. The molecule has 1 N–H and O–H groups in total. The number of β-amino-alcohol motifs (C(OH)–C–C–N with tert-alkyl or cyclic N) is 1. The topological polar surface area (TPSA) is 41.3 Å². The van der Waals surface area contributed by atoms with Crippen molar-refractivity contribution in [1.82, 2.24) is 14.7 Å². The summed E-state index contributed by atoms with van der Waals surface area (Å²) in [5.74, 6) is -0.229. The van der Waals surface area contributed by atoms with E-state index < -0.39 is 0 Å². The Labute approximate surface area is 136 Å². The van der Waals surface area contributed by atoms with E-state index >= 15 is 0 Å². The summed E-state index contributed by atoms with van der Waals surface area (Å²) in [6, 6.07) is 7.06. The number of aliphatic hydroxyl groups excluding tert-OH is 1. The fourth-order valence-electron chi connectivity index (χ4n) is 3.27. The van der Waals surface area contributed by atoms with E-state index in [-0.39, 0.29) is 18.0 Å². The summed E-state index contributed by atoms with van der Waals surface area (Å²) in [7, 11) is 0. The molecule has 2 aromatic rings. The molecule has 1 aromatic heterocycles. The molecule has 0 bridgehead atoms. The molecule has 124 valence electrons. The Morgan fingerprint density at radius 1 is 1.39 bits per heavy atom. The third-order valence-electron chi connectivity index (χ3n) is 4.54. The van der Waals surface area contributed by atoms with Crippen molar-refractivity contribution in [2.45, 2.75) is 51.9 Å². The van der Waals surface area contributed by atoms with Crippen molar-refractivity contribution in [2.24, 2.45) is 0 Å². The van der Waals surface area contributed by atoms with Gasteiger partial charge in [0.15, 0.2) is 0 Å². The fourth-order valence-corrected chi connectivity index (χ4v) is 3.27. The molecular weight excluding hydrogens is 293 g/mol. The van der Waals surface area contributed by atoms with Gasteiger partial charge >= 0.3 is 0 Å². The van der Waals surface area contributed by atoms with Gasteiger partial charge in [-0.25, -0.2) is 4.39 Å². The van der Waals surface area contributed by atoms with Gasteiger partial charge in [-0.05, 0) is 44.9 Å². The molecule has 1 saturated heterocycles. The van der Waals surface area contributed by atoms with Crippen LogP contribution < -0.4 is 0 Å². The number of halogens is 1. The van der Waals surface area contributed by atoms with Crippen LogP contribution in [0.3, 0.4) is 0 Å². The lowest BCUT2D eigenvalue weighted by molar-refractivity contribution is 0.172. The molecule has 2 atom stereocenters. The molecule has 0 unspecified atom stereocenters. The van der Waals surface area contributed by atoms with Crippen molar-refractivity contribution in [3.63, 3.8) is 0 Å².